The summed E-state index contributed by atoms with van der Waals surface area (Å²) in [6.07, 6.45) is 5.27. The summed E-state index contributed by atoms with van der Waals surface area (Å²) in [5.74, 6) is 7.87. The molecule has 2 aliphatic heterocycles. The van der Waals surface area contributed by atoms with Gasteiger partial charge in [0.1, 0.15) is 11.5 Å². The number of piperazine rings is 1. The molecular weight excluding hydrogens is 500 g/mol. The SMILES string of the molecule is CN1CCN(c2ccc(Nc3nc(N[C@@H]4CCCN(C(O)C#CC5CC5)C4)c4c(Cl)c[nH]c4n3)cc2)CC1. The van der Waals surface area contributed by atoms with E-state index in [1.807, 2.05) is 4.90 Å². The van der Waals surface area contributed by atoms with Gasteiger partial charge in [0.25, 0.3) is 0 Å². The number of rotatable bonds is 6. The first-order chi connectivity index (χ1) is 18.5. The number of nitrogens with zero attached hydrogens (tertiary/aromatic N) is 5. The van der Waals surface area contributed by atoms with Crippen molar-refractivity contribution in [1.82, 2.24) is 24.8 Å². The highest BCUT2D eigenvalue weighted by Crippen LogP contribution is 2.32. The number of likely N-dealkylation sites (tertiary alicyclic amines) is 1. The lowest BCUT2D eigenvalue weighted by Gasteiger charge is -2.34. The summed E-state index contributed by atoms with van der Waals surface area (Å²) in [6, 6.07) is 8.54. The maximum Gasteiger partial charge on any atom is 0.231 e. The smallest absolute Gasteiger partial charge is 0.231 e. The van der Waals surface area contributed by atoms with E-state index in [4.69, 9.17) is 16.6 Å². The molecule has 3 aromatic rings. The van der Waals surface area contributed by atoms with Gasteiger partial charge < -0.3 is 30.5 Å². The molecule has 0 bridgehead atoms. The van der Waals surface area contributed by atoms with Gasteiger partial charge in [-0.05, 0) is 57.0 Å². The van der Waals surface area contributed by atoms with Gasteiger partial charge in [-0.1, -0.05) is 23.4 Å². The van der Waals surface area contributed by atoms with Crippen LogP contribution in [0.25, 0.3) is 11.0 Å². The summed E-state index contributed by atoms with van der Waals surface area (Å²) in [4.78, 5) is 19.5. The zero-order valence-electron chi connectivity index (χ0n) is 21.8. The number of aromatic nitrogens is 3. The number of fused-ring (bicyclic) bond motifs is 1. The molecule has 1 unspecified atom stereocenters. The zero-order valence-corrected chi connectivity index (χ0v) is 22.5. The standard InChI is InChI=1S/C28H35ClN8O/c1-35-13-15-36(16-14-35)22-9-7-20(8-10-22)32-28-33-26-25(23(29)17-30-26)27(34-28)31-21-3-2-12-37(18-21)24(38)11-6-19-4-5-19/h7-10,17,19,21,24,38H,2-5,12-16,18H2,1H3,(H3,30,31,32,33,34)/t21-,24?/m1/s1. The molecule has 4 heterocycles. The van der Waals surface area contributed by atoms with Gasteiger partial charge in [-0.2, -0.15) is 9.97 Å². The Balaban J connectivity index is 1.17. The van der Waals surface area contributed by atoms with E-state index < -0.39 is 6.23 Å². The van der Waals surface area contributed by atoms with Crippen LogP contribution in [0.15, 0.2) is 30.5 Å². The number of hydrogen-bond donors (Lipinski definition) is 4. The maximum absolute atomic E-state index is 10.6. The first kappa shape index (κ1) is 25.3. The lowest BCUT2D eigenvalue weighted by molar-refractivity contribution is 0.0318. The summed E-state index contributed by atoms with van der Waals surface area (Å²) in [6.45, 7) is 5.74. The first-order valence-electron chi connectivity index (χ1n) is 13.6. The van der Waals surface area contributed by atoms with Crippen molar-refractivity contribution in [2.45, 2.75) is 38.0 Å². The molecule has 1 aliphatic carbocycles. The largest absolute Gasteiger partial charge is 0.369 e. The third-order valence-corrected chi connectivity index (χ3v) is 7.91. The zero-order chi connectivity index (χ0) is 26.1. The van der Waals surface area contributed by atoms with Gasteiger partial charge in [-0.25, -0.2) is 0 Å². The Kier molecular flexibility index (Phi) is 7.30. The molecule has 6 rings (SSSR count). The van der Waals surface area contributed by atoms with E-state index in [9.17, 15) is 5.11 Å². The number of aliphatic hydroxyl groups excluding tert-OH is 1. The molecule has 0 radical (unpaired) electrons. The number of hydrogen-bond acceptors (Lipinski definition) is 8. The molecule has 4 N–H and O–H groups in total. The number of piperidine rings is 1. The number of aliphatic hydroxyl groups is 1. The monoisotopic (exact) mass is 534 g/mol. The van der Waals surface area contributed by atoms with Crippen LogP contribution in [0.5, 0.6) is 0 Å². The average Bonchev–Trinajstić information content (AvgIpc) is 3.69. The predicted octanol–water partition coefficient (Wildman–Crippen LogP) is 3.71. The summed E-state index contributed by atoms with van der Waals surface area (Å²) in [5.41, 5.74) is 2.82. The van der Waals surface area contributed by atoms with Crippen LogP contribution in [0.1, 0.15) is 25.7 Å². The number of benzene rings is 1. The molecule has 3 aliphatic rings. The van der Waals surface area contributed by atoms with Gasteiger partial charge in [-0.3, -0.25) is 4.90 Å². The van der Waals surface area contributed by atoms with E-state index in [0.29, 0.717) is 34.9 Å². The van der Waals surface area contributed by atoms with Crippen molar-refractivity contribution in [3.8, 4) is 11.8 Å². The fourth-order valence-corrected chi connectivity index (χ4v) is 5.39. The molecule has 10 heteroatoms. The molecule has 200 valence electrons. The summed E-state index contributed by atoms with van der Waals surface area (Å²) < 4.78 is 0. The third-order valence-electron chi connectivity index (χ3n) is 7.61. The number of H-pyrrole nitrogens is 1. The van der Waals surface area contributed by atoms with Crippen molar-refractivity contribution in [2.75, 3.05) is 61.8 Å². The van der Waals surface area contributed by atoms with Gasteiger partial charge in [0, 0.05) is 68.8 Å². The van der Waals surface area contributed by atoms with Crippen molar-refractivity contribution in [1.29, 1.82) is 0 Å². The van der Waals surface area contributed by atoms with Crippen molar-refractivity contribution >= 4 is 45.8 Å². The second kappa shape index (κ2) is 11.0. The van der Waals surface area contributed by atoms with Gasteiger partial charge >= 0.3 is 0 Å². The highest BCUT2D eigenvalue weighted by molar-refractivity contribution is 6.36. The molecule has 1 aromatic carbocycles. The molecule has 1 saturated carbocycles. The number of likely N-dealkylation sites (N-methyl/N-ethyl adjacent to an activating group) is 1. The van der Waals surface area contributed by atoms with Gasteiger partial charge in [-0.15, -0.1) is 0 Å². The minimum atomic E-state index is -0.729. The number of anilines is 4. The second-order valence-electron chi connectivity index (χ2n) is 10.6. The van der Waals surface area contributed by atoms with Gasteiger partial charge in [0.05, 0.1) is 10.4 Å². The van der Waals surface area contributed by atoms with Crippen LogP contribution >= 0.6 is 11.6 Å². The Morgan fingerprint density at radius 1 is 1.08 bits per heavy atom. The van der Waals surface area contributed by atoms with Crippen molar-refractivity contribution in [3.63, 3.8) is 0 Å². The lowest BCUT2D eigenvalue weighted by Crippen LogP contribution is -2.46. The molecule has 9 nitrogen and oxygen atoms in total. The molecule has 2 saturated heterocycles. The quantitative estimate of drug-likeness (QED) is 0.355. The van der Waals surface area contributed by atoms with Crippen LogP contribution in [0.3, 0.4) is 0 Å². The Hall–Kier alpha value is -3.03. The minimum Gasteiger partial charge on any atom is -0.369 e. The van der Waals surface area contributed by atoms with Gasteiger partial charge in [0.2, 0.25) is 5.95 Å². The maximum atomic E-state index is 10.6. The molecule has 0 amide bonds. The van der Waals surface area contributed by atoms with E-state index in [2.05, 4.69) is 73.6 Å². The summed E-state index contributed by atoms with van der Waals surface area (Å²) in [5, 5.41) is 18.9. The van der Waals surface area contributed by atoms with E-state index in [0.717, 1.165) is 69.5 Å². The van der Waals surface area contributed by atoms with Crippen LogP contribution in [-0.2, 0) is 0 Å². The molecule has 3 fully saturated rings. The van der Waals surface area contributed by atoms with E-state index in [-0.39, 0.29) is 6.04 Å². The second-order valence-corrected chi connectivity index (χ2v) is 11.0. The van der Waals surface area contributed by atoms with Crippen LogP contribution in [-0.4, -0.2) is 88.4 Å². The fourth-order valence-electron chi connectivity index (χ4n) is 5.16. The van der Waals surface area contributed by atoms with E-state index in [1.54, 1.807) is 6.20 Å². The topological polar surface area (TPSA) is 95.6 Å². The first-order valence-corrected chi connectivity index (χ1v) is 13.9. The van der Waals surface area contributed by atoms with Crippen LogP contribution < -0.4 is 15.5 Å². The molecule has 2 aromatic heterocycles. The van der Waals surface area contributed by atoms with Crippen molar-refractivity contribution in [2.24, 2.45) is 5.92 Å². The number of nitrogens with one attached hydrogen (secondary N) is 3. The van der Waals surface area contributed by atoms with Crippen LogP contribution in [0, 0.1) is 17.8 Å². The Bertz CT molecular complexity index is 1320. The van der Waals surface area contributed by atoms with E-state index >= 15 is 0 Å². The Morgan fingerprint density at radius 2 is 1.87 bits per heavy atom. The highest BCUT2D eigenvalue weighted by Gasteiger charge is 2.26. The molecular formula is C28H35ClN8O. The van der Waals surface area contributed by atoms with Crippen LogP contribution in [0.4, 0.5) is 23.1 Å². The molecule has 38 heavy (non-hydrogen) atoms. The predicted molar refractivity (Wildman–Crippen MR) is 153 cm³/mol. The molecule has 2 atom stereocenters. The molecule has 0 spiro atoms. The third kappa shape index (κ3) is 5.84. The number of halogens is 1. The van der Waals surface area contributed by atoms with E-state index in [1.165, 1.54) is 5.69 Å². The normalized spacial score (nSPS) is 21.7. The van der Waals surface area contributed by atoms with Crippen molar-refractivity contribution in [3.05, 3.63) is 35.5 Å². The van der Waals surface area contributed by atoms with Gasteiger partial charge in [0.15, 0.2) is 6.23 Å². The van der Waals surface area contributed by atoms with Crippen LogP contribution in [0.2, 0.25) is 5.02 Å². The Labute approximate surface area is 228 Å². The average molecular weight is 535 g/mol. The summed E-state index contributed by atoms with van der Waals surface area (Å²) >= 11 is 6.52. The summed E-state index contributed by atoms with van der Waals surface area (Å²) in [7, 11) is 2.17. The Morgan fingerprint density at radius 3 is 2.63 bits per heavy atom. The lowest BCUT2D eigenvalue weighted by atomic mass is 10.1. The highest BCUT2D eigenvalue weighted by atomic mass is 35.5. The minimum absolute atomic E-state index is 0.112. The fraction of sp³-hybridized carbons (Fsp3) is 0.500. The number of aromatic amines is 1. The van der Waals surface area contributed by atoms with Crippen molar-refractivity contribution < 1.29 is 5.11 Å².